The van der Waals surface area contributed by atoms with E-state index in [1.807, 2.05) is 6.07 Å². The maximum absolute atomic E-state index is 13.1. The molecule has 0 unspecified atom stereocenters. The highest BCUT2D eigenvalue weighted by Gasteiger charge is 2.08. The third-order valence-corrected chi connectivity index (χ3v) is 4.22. The van der Waals surface area contributed by atoms with E-state index in [0.29, 0.717) is 17.0 Å². The molecule has 2 aromatic rings. The lowest BCUT2D eigenvalue weighted by atomic mass is 10.2. The molecule has 0 bridgehead atoms. The second-order valence-electron chi connectivity index (χ2n) is 5.45. The number of benzene rings is 2. The Bertz CT molecular complexity index is 717. The second-order valence-corrected chi connectivity index (χ2v) is 6.43. The van der Waals surface area contributed by atoms with Crippen molar-refractivity contribution in [3.8, 4) is 0 Å². The van der Waals surface area contributed by atoms with E-state index in [0.717, 1.165) is 5.56 Å². The van der Waals surface area contributed by atoms with Crippen molar-refractivity contribution in [3.63, 3.8) is 0 Å². The lowest BCUT2D eigenvalue weighted by molar-refractivity contribution is -0.113. The molecule has 0 aromatic heterocycles. The SMILES string of the molecule is CN(C)C(=O)c1ccc(NC(=O)CSCc2cccc(F)c2)cc1. The van der Waals surface area contributed by atoms with E-state index >= 15 is 0 Å². The summed E-state index contributed by atoms with van der Waals surface area (Å²) in [6.07, 6.45) is 0. The first-order valence-corrected chi connectivity index (χ1v) is 8.55. The summed E-state index contributed by atoms with van der Waals surface area (Å²) in [6, 6.07) is 13.1. The van der Waals surface area contributed by atoms with Crippen LogP contribution in [0.5, 0.6) is 0 Å². The van der Waals surface area contributed by atoms with Crippen LogP contribution in [-0.4, -0.2) is 36.6 Å². The van der Waals surface area contributed by atoms with Gasteiger partial charge in [-0.25, -0.2) is 4.39 Å². The van der Waals surface area contributed by atoms with E-state index in [9.17, 15) is 14.0 Å². The Hall–Kier alpha value is -2.34. The summed E-state index contributed by atoms with van der Waals surface area (Å²) in [5.74, 6) is 0.350. The smallest absolute Gasteiger partial charge is 0.253 e. The Kier molecular flexibility index (Phi) is 6.37. The molecule has 24 heavy (non-hydrogen) atoms. The molecule has 0 aliphatic heterocycles. The fraction of sp³-hybridized carbons (Fsp3) is 0.222. The Balaban J connectivity index is 1.81. The average molecular weight is 346 g/mol. The zero-order valence-electron chi connectivity index (χ0n) is 13.6. The van der Waals surface area contributed by atoms with Crippen LogP contribution in [0.4, 0.5) is 10.1 Å². The molecule has 0 aliphatic carbocycles. The number of hydrogen-bond acceptors (Lipinski definition) is 3. The minimum Gasteiger partial charge on any atom is -0.345 e. The van der Waals surface area contributed by atoms with Crippen molar-refractivity contribution in [2.75, 3.05) is 25.2 Å². The van der Waals surface area contributed by atoms with Crippen LogP contribution in [-0.2, 0) is 10.5 Å². The molecule has 0 radical (unpaired) electrons. The van der Waals surface area contributed by atoms with Gasteiger partial charge in [0.15, 0.2) is 0 Å². The van der Waals surface area contributed by atoms with Crippen LogP contribution in [0.2, 0.25) is 0 Å². The molecule has 2 amide bonds. The lowest BCUT2D eigenvalue weighted by Crippen LogP contribution is -2.21. The van der Waals surface area contributed by atoms with Crippen LogP contribution in [0.1, 0.15) is 15.9 Å². The normalized spacial score (nSPS) is 10.3. The van der Waals surface area contributed by atoms with Crippen LogP contribution < -0.4 is 5.32 Å². The van der Waals surface area contributed by atoms with Gasteiger partial charge in [0.2, 0.25) is 5.91 Å². The standard InChI is InChI=1S/C18H19FN2O2S/c1-21(2)18(23)14-6-8-16(9-7-14)20-17(22)12-24-11-13-4-3-5-15(19)10-13/h3-10H,11-12H2,1-2H3,(H,20,22). The number of nitrogens with zero attached hydrogens (tertiary/aromatic N) is 1. The first-order valence-electron chi connectivity index (χ1n) is 7.39. The predicted molar refractivity (Wildman–Crippen MR) is 95.7 cm³/mol. The number of carbonyl (C=O) groups excluding carboxylic acids is 2. The highest BCUT2D eigenvalue weighted by molar-refractivity contribution is 7.99. The number of halogens is 1. The monoisotopic (exact) mass is 346 g/mol. The predicted octanol–water partition coefficient (Wildman–Crippen LogP) is 3.40. The highest BCUT2D eigenvalue weighted by Crippen LogP contribution is 2.15. The van der Waals surface area contributed by atoms with Gasteiger partial charge in [-0.3, -0.25) is 9.59 Å². The van der Waals surface area contributed by atoms with Gasteiger partial charge >= 0.3 is 0 Å². The minimum absolute atomic E-state index is 0.0847. The average Bonchev–Trinajstić information content (AvgIpc) is 2.55. The van der Waals surface area contributed by atoms with Gasteiger partial charge in [0.1, 0.15) is 5.82 Å². The fourth-order valence-electron chi connectivity index (χ4n) is 2.04. The van der Waals surface area contributed by atoms with Crippen molar-refractivity contribution >= 4 is 29.3 Å². The maximum Gasteiger partial charge on any atom is 0.253 e. The topological polar surface area (TPSA) is 49.4 Å². The molecule has 4 nitrogen and oxygen atoms in total. The number of thioether (sulfide) groups is 1. The first kappa shape index (κ1) is 18.0. The van der Waals surface area contributed by atoms with Gasteiger partial charge in [-0.05, 0) is 42.0 Å². The first-order chi connectivity index (χ1) is 11.5. The quantitative estimate of drug-likeness (QED) is 0.872. The molecule has 0 saturated carbocycles. The van der Waals surface area contributed by atoms with E-state index in [1.54, 1.807) is 44.4 Å². The maximum atomic E-state index is 13.1. The summed E-state index contributed by atoms with van der Waals surface area (Å²) in [5, 5.41) is 2.78. The number of carbonyl (C=O) groups is 2. The molecule has 126 valence electrons. The van der Waals surface area contributed by atoms with Crippen molar-refractivity contribution in [3.05, 3.63) is 65.5 Å². The van der Waals surface area contributed by atoms with Crippen LogP contribution in [0.25, 0.3) is 0 Å². The Morgan fingerprint density at radius 2 is 1.83 bits per heavy atom. The van der Waals surface area contributed by atoms with Gasteiger partial charge < -0.3 is 10.2 Å². The molecule has 0 saturated heterocycles. The van der Waals surface area contributed by atoms with E-state index in [-0.39, 0.29) is 23.4 Å². The molecule has 2 rings (SSSR count). The molecule has 0 heterocycles. The summed E-state index contributed by atoms with van der Waals surface area (Å²) in [7, 11) is 3.38. The van der Waals surface area contributed by atoms with Gasteiger partial charge in [0.25, 0.3) is 5.91 Å². The summed E-state index contributed by atoms with van der Waals surface area (Å²) in [6.45, 7) is 0. The molecule has 0 spiro atoms. The highest BCUT2D eigenvalue weighted by atomic mass is 32.2. The zero-order chi connectivity index (χ0) is 17.5. The second kappa shape index (κ2) is 8.49. The van der Waals surface area contributed by atoms with Gasteiger partial charge in [-0.2, -0.15) is 0 Å². The summed E-state index contributed by atoms with van der Waals surface area (Å²) < 4.78 is 13.1. The summed E-state index contributed by atoms with van der Waals surface area (Å²) in [5.41, 5.74) is 2.06. The van der Waals surface area contributed by atoms with Gasteiger partial charge in [0, 0.05) is 31.1 Å². The fourth-order valence-corrected chi connectivity index (χ4v) is 2.81. The summed E-state index contributed by atoms with van der Waals surface area (Å²) in [4.78, 5) is 25.2. The van der Waals surface area contributed by atoms with E-state index in [2.05, 4.69) is 5.32 Å². The van der Waals surface area contributed by atoms with E-state index in [1.165, 1.54) is 28.8 Å². The van der Waals surface area contributed by atoms with E-state index in [4.69, 9.17) is 0 Å². The van der Waals surface area contributed by atoms with Crippen LogP contribution >= 0.6 is 11.8 Å². The van der Waals surface area contributed by atoms with Crippen molar-refractivity contribution in [2.24, 2.45) is 0 Å². The van der Waals surface area contributed by atoms with Crippen molar-refractivity contribution in [1.82, 2.24) is 4.90 Å². The van der Waals surface area contributed by atoms with Crippen molar-refractivity contribution < 1.29 is 14.0 Å². The van der Waals surface area contributed by atoms with Gasteiger partial charge in [-0.1, -0.05) is 12.1 Å². The molecular weight excluding hydrogens is 327 g/mol. The van der Waals surface area contributed by atoms with Crippen LogP contribution in [0.15, 0.2) is 48.5 Å². The van der Waals surface area contributed by atoms with Crippen molar-refractivity contribution in [1.29, 1.82) is 0 Å². The van der Waals surface area contributed by atoms with Gasteiger partial charge in [-0.15, -0.1) is 11.8 Å². The third-order valence-electron chi connectivity index (χ3n) is 3.21. The molecule has 0 aliphatic rings. The number of nitrogens with one attached hydrogen (secondary N) is 1. The number of hydrogen-bond donors (Lipinski definition) is 1. The van der Waals surface area contributed by atoms with Crippen LogP contribution in [0, 0.1) is 5.82 Å². The number of rotatable bonds is 6. The van der Waals surface area contributed by atoms with Gasteiger partial charge in [0.05, 0.1) is 5.75 Å². The minimum atomic E-state index is -0.273. The molecular formula is C18H19FN2O2S. The third kappa shape index (κ3) is 5.38. The van der Waals surface area contributed by atoms with Crippen molar-refractivity contribution in [2.45, 2.75) is 5.75 Å². The molecule has 6 heteroatoms. The number of amides is 2. The molecule has 1 N–H and O–H groups in total. The molecule has 0 atom stereocenters. The Labute approximate surface area is 145 Å². The Morgan fingerprint density at radius 3 is 2.46 bits per heavy atom. The molecule has 0 fully saturated rings. The lowest BCUT2D eigenvalue weighted by Gasteiger charge is -2.11. The summed E-state index contributed by atoms with van der Waals surface area (Å²) >= 11 is 1.41. The Morgan fingerprint density at radius 1 is 1.12 bits per heavy atom. The largest absolute Gasteiger partial charge is 0.345 e. The molecule has 2 aromatic carbocycles. The zero-order valence-corrected chi connectivity index (χ0v) is 14.4. The van der Waals surface area contributed by atoms with Crippen LogP contribution in [0.3, 0.4) is 0 Å². The van der Waals surface area contributed by atoms with E-state index < -0.39 is 0 Å². The number of anilines is 1.